The van der Waals surface area contributed by atoms with Crippen LogP contribution < -0.4 is 16.0 Å². The number of aliphatic hydroxyl groups is 1. The average molecular weight is 574 g/mol. The summed E-state index contributed by atoms with van der Waals surface area (Å²) < 4.78 is 28.0. The standard InChI is InChI=1S/C27H32FN5O6S/c1-15(2)12-20(35)17(4)32-24(36)23-16(3)25(33-29-8-9-30-33)40-26(23)31(27(32)37)14-22(39-11-10-34)19-13-18(28)6-7-21(19)38-5/h6-9,13,15,17,22,34H,10-12,14H2,1-5H3/t17-,22-/m0/s1. The molecule has 1 aromatic carbocycles. The summed E-state index contributed by atoms with van der Waals surface area (Å²) in [5, 5.41) is 18.6. The first-order valence-electron chi connectivity index (χ1n) is 12.8. The Kier molecular flexibility index (Phi) is 8.96. The zero-order valence-corrected chi connectivity index (χ0v) is 23.8. The molecule has 0 aliphatic rings. The third kappa shape index (κ3) is 5.62. The second kappa shape index (κ2) is 12.2. The van der Waals surface area contributed by atoms with Crippen molar-refractivity contribution in [2.75, 3.05) is 20.3 Å². The second-order valence-corrected chi connectivity index (χ2v) is 10.8. The number of Topliss-reactive ketones (excluding diaryl/α,β-unsaturated/α-hetero) is 1. The van der Waals surface area contributed by atoms with Crippen LogP contribution in [0.1, 0.15) is 50.5 Å². The topological polar surface area (TPSA) is 130 Å². The number of rotatable bonds is 12. The molecule has 0 aliphatic carbocycles. The van der Waals surface area contributed by atoms with Gasteiger partial charge in [-0.2, -0.15) is 10.2 Å². The largest absolute Gasteiger partial charge is 0.496 e. The van der Waals surface area contributed by atoms with Crippen molar-refractivity contribution in [2.45, 2.75) is 52.8 Å². The molecular formula is C27H32FN5O6S. The number of carbonyl (C=O) groups excluding carboxylic acids is 1. The van der Waals surface area contributed by atoms with Crippen molar-refractivity contribution in [2.24, 2.45) is 5.92 Å². The lowest BCUT2D eigenvalue weighted by atomic mass is 10.0. The first-order valence-corrected chi connectivity index (χ1v) is 13.6. The third-order valence-corrected chi connectivity index (χ3v) is 7.86. The fraction of sp³-hybridized carbons (Fsp3) is 0.444. The van der Waals surface area contributed by atoms with Crippen molar-refractivity contribution in [3.8, 4) is 10.8 Å². The molecule has 11 nitrogen and oxygen atoms in total. The Morgan fingerprint density at radius 1 is 1.18 bits per heavy atom. The van der Waals surface area contributed by atoms with Crippen molar-refractivity contribution in [3.05, 3.63) is 68.4 Å². The van der Waals surface area contributed by atoms with E-state index < -0.39 is 29.2 Å². The van der Waals surface area contributed by atoms with Gasteiger partial charge in [-0.05, 0) is 38.0 Å². The summed E-state index contributed by atoms with van der Waals surface area (Å²) in [6.45, 7) is 6.47. The highest BCUT2D eigenvalue weighted by Crippen LogP contribution is 2.34. The fourth-order valence-corrected chi connectivity index (χ4v) is 5.86. The summed E-state index contributed by atoms with van der Waals surface area (Å²) >= 11 is 1.14. The number of halogens is 1. The molecule has 3 aromatic heterocycles. The molecule has 0 aliphatic heterocycles. The van der Waals surface area contributed by atoms with Gasteiger partial charge in [-0.15, -0.1) is 4.80 Å². The predicted octanol–water partition coefficient (Wildman–Crippen LogP) is 3.19. The Morgan fingerprint density at radius 2 is 1.88 bits per heavy atom. The molecule has 1 N–H and O–H groups in total. The van der Waals surface area contributed by atoms with E-state index >= 15 is 0 Å². The van der Waals surface area contributed by atoms with Crippen LogP contribution in [0.3, 0.4) is 0 Å². The van der Waals surface area contributed by atoms with Gasteiger partial charge in [0.05, 0.1) is 50.7 Å². The minimum atomic E-state index is -1.02. The molecule has 214 valence electrons. The molecule has 0 saturated heterocycles. The van der Waals surface area contributed by atoms with Crippen LogP contribution in [0, 0.1) is 18.7 Å². The molecule has 0 amide bonds. The second-order valence-electron chi connectivity index (χ2n) is 9.81. The Balaban J connectivity index is 1.99. The van der Waals surface area contributed by atoms with Gasteiger partial charge in [-0.1, -0.05) is 25.2 Å². The maximum absolute atomic E-state index is 14.3. The Morgan fingerprint density at radius 3 is 2.50 bits per heavy atom. The lowest BCUT2D eigenvalue weighted by Gasteiger charge is -2.23. The van der Waals surface area contributed by atoms with Crippen LogP contribution in [-0.2, 0) is 16.1 Å². The monoisotopic (exact) mass is 573 g/mol. The van der Waals surface area contributed by atoms with Crippen molar-refractivity contribution in [3.63, 3.8) is 0 Å². The van der Waals surface area contributed by atoms with Crippen molar-refractivity contribution in [1.82, 2.24) is 24.1 Å². The van der Waals surface area contributed by atoms with Crippen LogP contribution in [-0.4, -0.2) is 55.3 Å². The highest BCUT2D eigenvalue weighted by atomic mass is 32.1. The summed E-state index contributed by atoms with van der Waals surface area (Å²) in [6.07, 6.45) is 2.24. The van der Waals surface area contributed by atoms with E-state index in [-0.39, 0.29) is 43.3 Å². The Bertz CT molecular complexity index is 1630. The molecule has 0 spiro atoms. The minimum absolute atomic E-state index is 0.0358. The summed E-state index contributed by atoms with van der Waals surface area (Å²) in [7, 11) is 1.43. The van der Waals surface area contributed by atoms with Crippen LogP contribution in [0.15, 0.2) is 40.2 Å². The zero-order valence-electron chi connectivity index (χ0n) is 23.0. The van der Waals surface area contributed by atoms with Crippen LogP contribution in [0.2, 0.25) is 0 Å². The summed E-state index contributed by atoms with van der Waals surface area (Å²) in [5.41, 5.74) is -0.441. The molecule has 0 fully saturated rings. The van der Waals surface area contributed by atoms with Crippen molar-refractivity contribution >= 4 is 27.3 Å². The van der Waals surface area contributed by atoms with Crippen LogP contribution >= 0.6 is 11.3 Å². The number of aromatic nitrogens is 5. The molecule has 0 saturated carbocycles. The number of benzene rings is 1. The van der Waals surface area contributed by atoms with Gasteiger partial charge in [0, 0.05) is 17.5 Å². The van der Waals surface area contributed by atoms with Gasteiger partial charge < -0.3 is 14.6 Å². The van der Waals surface area contributed by atoms with Gasteiger partial charge in [0.25, 0.3) is 5.56 Å². The van der Waals surface area contributed by atoms with E-state index in [0.717, 1.165) is 15.9 Å². The van der Waals surface area contributed by atoms with E-state index in [1.54, 1.807) is 6.92 Å². The normalized spacial score (nSPS) is 13.2. The van der Waals surface area contributed by atoms with Crippen LogP contribution in [0.4, 0.5) is 4.39 Å². The number of hydrogen-bond donors (Lipinski definition) is 1. The third-order valence-electron chi connectivity index (χ3n) is 6.58. The van der Waals surface area contributed by atoms with Crippen molar-refractivity contribution in [1.29, 1.82) is 0 Å². The smallest absolute Gasteiger partial charge is 0.332 e. The molecular weight excluding hydrogens is 541 g/mol. The SMILES string of the molecule is COc1ccc(F)cc1[C@H](Cn1c(=O)n([C@@H](C)C(=O)CC(C)C)c(=O)c2c(C)c(-n3nccn3)sc21)OCCO. The maximum Gasteiger partial charge on any atom is 0.332 e. The van der Waals surface area contributed by atoms with Gasteiger partial charge in [-0.3, -0.25) is 14.2 Å². The summed E-state index contributed by atoms with van der Waals surface area (Å²) in [5.74, 6) is -0.426. The van der Waals surface area contributed by atoms with E-state index in [1.165, 1.54) is 54.0 Å². The fourth-order valence-electron chi connectivity index (χ4n) is 4.64. The lowest BCUT2D eigenvalue weighted by molar-refractivity contribution is -0.122. The lowest BCUT2D eigenvalue weighted by Crippen LogP contribution is -2.44. The van der Waals surface area contributed by atoms with Crippen LogP contribution in [0.25, 0.3) is 15.2 Å². The van der Waals surface area contributed by atoms with E-state index in [4.69, 9.17) is 9.47 Å². The van der Waals surface area contributed by atoms with Gasteiger partial charge in [0.2, 0.25) is 0 Å². The molecule has 40 heavy (non-hydrogen) atoms. The Hall–Kier alpha value is -3.68. The summed E-state index contributed by atoms with van der Waals surface area (Å²) in [4.78, 5) is 42.6. The van der Waals surface area contributed by atoms with Gasteiger partial charge in [-0.25, -0.2) is 13.8 Å². The predicted molar refractivity (Wildman–Crippen MR) is 148 cm³/mol. The number of ketones is 1. The number of aliphatic hydroxyl groups excluding tert-OH is 1. The molecule has 4 aromatic rings. The number of hydrogen-bond acceptors (Lipinski definition) is 9. The molecule has 13 heteroatoms. The molecule has 0 radical (unpaired) electrons. The van der Waals surface area contributed by atoms with Gasteiger partial charge in [0.1, 0.15) is 27.5 Å². The number of ether oxygens (including phenoxy) is 2. The number of aryl methyl sites for hydroxylation is 1. The van der Waals surface area contributed by atoms with Gasteiger partial charge >= 0.3 is 5.69 Å². The Labute approximate surface area is 233 Å². The van der Waals surface area contributed by atoms with E-state index in [2.05, 4.69) is 10.2 Å². The minimum Gasteiger partial charge on any atom is -0.496 e. The zero-order chi connectivity index (χ0) is 29.1. The molecule has 3 heterocycles. The highest BCUT2D eigenvalue weighted by Gasteiger charge is 2.29. The highest BCUT2D eigenvalue weighted by molar-refractivity contribution is 7.21. The van der Waals surface area contributed by atoms with E-state index in [1.807, 2.05) is 13.8 Å². The molecule has 0 unspecified atom stereocenters. The average Bonchev–Trinajstić information content (AvgIpc) is 3.56. The van der Waals surface area contributed by atoms with E-state index in [0.29, 0.717) is 26.7 Å². The molecule has 0 bridgehead atoms. The van der Waals surface area contributed by atoms with Crippen molar-refractivity contribution < 1.29 is 23.8 Å². The van der Waals surface area contributed by atoms with Crippen LogP contribution in [0.5, 0.6) is 5.75 Å². The molecule has 2 atom stereocenters. The van der Waals surface area contributed by atoms with Gasteiger partial charge in [0.15, 0.2) is 5.78 Å². The molecule has 4 rings (SSSR count). The maximum atomic E-state index is 14.3. The first kappa shape index (κ1) is 29.3. The van der Waals surface area contributed by atoms with E-state index in [9.17, 15) is 23.9 Å². The summed E-state index contributed by atoms with van der Waals surface area (Å²) in [6, 6.07) is 2.91. The number of fused-ring (bicyclic) bond motifs is 1. The number of carbonyl (C=O) groups is 1. The first-order chi connectivity index (χ1) is 19.1. The number of thiophene rings is 1. The number of methoxy groups -OCH3 is 1. The quantitative estimate of drug-likeness (QED) is 0.274. The number of nitrogens with zero attached hydrogens (tertiary/aromatic N) is 5.